The molecule has 2 N–H and O–H groups in total. The maximum absolute atomic E-state index is 11.0. The Labute approximate surface area is 71.0 Å². The predicted molar refractivity (Wildman–Crippen MR) is 46.9 cm³/mol. The molecular weight excluding hydrogens is 154 g/mol. The van der Waals surface area contributed by atoms with E-state index in [-0.39, 0.29) is 6.03 Å². The Bertz CT molecular complexity index is 248. The highest BCUT2D eigenvalue weighted by molar-refractivity contribution is 5.88. The van der Waals surface area contributed by atoms with Crippen LogP contribution in [-0.2, 0) is 0 Å². The van der Waals surface area contributed by atoms with Gasteiger partial charge < -0.3 is 10.6 Å². The van der Waals surface area contributed by atoms with Crippen molar-refractivity contribution in [1.82, 2.24) is 10.3 Å². The van der Waals surface area contributed by atoms with Gasteiger partial charge in [0.1, 0.15) is 0 Å². The fourth-order valence-corrected chi connectivity index (χ4v) is 0.771. The summed E-state index contributed by atoms with van der Waals surface area (Å²) in [6.45, 7) is 2.49. The molecule has 0 radical (unpaired) electrons. The summed E-state index contributed by atoms with van der Waals surface area (Å²) in [5, 5.41) is 5.28. The monoisotopic (exact) mass is 165 g/mol. The number of nitrogens with zero attached hydrogens (tertiary/aromatic N) is 1. The third-order valence-electron chi connectivity index (χ3n) is 1.28. The zero-order chi connectivity index (χ0) is 8.81. The summed E-state index contributed by atoms with van der Waals surface area (Å²) in [6.07, 6.45) is 3.25. The minimum atomic E-state index is -0.191. The molecule has 4 heteroatoms. The van der Waals surface area contributed by atoms with Crippen LogP contribution >= 0.6 is 0 Å². The van der Waals surface area contributed by atoms with E-state index in [1.165, 1.54) is 0 Å². The van der Waals surface area contributed by atoms with Crippen molar-refractivity contribution in [1.29, 1.82) is 0 Å². The van der Waals surface area contributed by atoms with Gasteiger partial charge in [-0.15, -0.1) is 0 Å². The van der Waals surface area contributed by atoms with Crippen LogP contribution in [0, 0.1) is 0 Å². The molecule has 0 saturated heterocycles. The van der Waals surface area contributed by atoms with Crippen LogP contribution < -0.4 is 10.6 Å². The number of aromatic nitrogens is 1. The fraction of sp³-hybridized carbons (Fsp3) is 0.250. The van der Waals surface area contributed by atoms with Gasteiger partial charge in [-0.05, 0) is 19.1 Å². The topological polar surface area (TPSA) is 54.0 Å². The van der Waals surface area contributed by atoms with E-state index in [9.17, 15) is 4.79 Å². The van der Waals surface area contributed by atoms with Crippen LogP contribution in [-0.4, -0.2) is 17.6 Å². The van der Waals surface area contributed by atoms with E-state index in [0.717, 1.165) is 5.69 Å². The molecule has 0 unspecified atom stereocenters. The minimum absolute atomic E-state index is 0.191. The first-order valence-electron chi connectivity index (χ1n) is 3.78. The molecule has 0 aliphatic rings. The average molecular weight is 165 g/mol. The van der Waals surface area contributed by atoms with Crippen molar-refractivity contribution in [3.8, 4) is 0 Å². The third-order valence-corrected chi connectivity index (χ3v) is 1.28. The molecule has 1 aromatic heterocycles. The van der Waals surface area contributed by atoms with Gasteiger partial charge in [-0.25, -0.2) is 4.79 Å². The highest BCUT2D eigenvalue weighted by Gasteiger charge is 1.96. The van der Waals surface area contributed by atoms with Crippen LogP contribution in [0.15, 0.2) is 24.5 Å². The molecule has 64 valence electrons. The van der Waals surface area contributed by atoms with Gasteiger partial charge >= 0.3 is 6.03 Å². The Morgan fingerprint density at radius 3 is 2.75 bits per heavy atom. The Morgan fingerprint density at radius 1 is 1.50 bits per heavy atom. The van der Waals surface area contributed by atoms with Crippen molar-refractivity contribution in [2.45, 2.75) is 6.92 Å². The first-order valence-corrected chi connectivity index (χ1v) is 3.78. The first-order chi connectivity index (χ1) is 5.83. The molecule has 0 aliphatic heterocycles. The van der Waals surface area contributed by atoms with Crippen LogP contribution in [0.2, 0.25) is 0 Å². The van der Waals surface area contributed by atoms with Gasteiger partial charge in [-0.1, -0.05) is 0 Å². The van der Waals surface area contributed by atoms with Gasteiger partial charge in [0.15, 0.2) is 0 Å². The SMILES string of the molecule is CCNC(=O)Nc1ccncc1. The van der Waals surface area contributed by atoms with Crippen LogP contribution in [0.1, 0.15) is 6.92 Å². The summed E-state index contributed by atoms with van der Waals surface area (Å²) in [7, 11) is 0. The maximum atomic E-state index is 11.0. The molecule has 0 aliphatic carbocycles. The highest BCUT2D eigenvalue weighted by atomic mass is 16.2. The number of carbonyl (C=O) groups excluding carboxylic acids is 1. The molecule has 1 aromatic rings. The largest absolute Gasteiger partial charge is 0.338 e. The third kappa shape index (κ3) is 2.57. The van der Waals surface area contributed by atoms with E-state index in [0.29, 0.717) is 6.54 Å². The number of urea groups is 1. The molecular formula is C8H11N3O. The van der Waals surface area contributed by atoms with Crippen molar-refractivity contribution in [3.63, 3.8) is 0 Å². The highest BCUT2D eigenvalue weighted by Crippen LogP contribution is 2.01. The molecule has 0 spiro atoms. The second-order valence-corrected chi connectivity index (χ2v) is 2.22. The van der Waals surface area contributed by atoms with Crippen molar-refractivity contribution >= 4 is 11.7 Å². The lowest BCUT2D eigenvalue weighted by Crippen LogP contribution is -2.28. The molecule has 1 rings (SSSR count). The number of pyridine rings is 1. The minimum Gasteiger partial charge on any atom is -0.338 e. The predicted octanol–water partition coefficient (Wildman–Crippen LogP) is 1.22. The normalized spacial score (nSPS) is 9.08. The second kappa shape index (κ2) is 4.33. The van der Waals surface area contributed by atoms with Gasteiger partial charge in [0.2, 0.25) is 0 Å². The van der Waals surface area contributed by atoms with Crippen molar-refractivity contribution < 1.29 is 4.79 Å². The van der Waals surface area contributed by atoms with Crippen molar-refractivity contribution in [2.75, 3.05) is 11.9 Å². The Hall–Kier alpha value is -1.58. The lowest BCUT2D eigenvalue weighted by Gasteiger charge is -2.03. The van der Waals surface area contributed by atoms with Gasteiger partial charge in [0.25, 0.3) is 0 Å². The number of rotatable bonds is 2. The quantitative estimate of drug-likeness (QED) is 0.692. The maximum Gasteiger partial charge on any atom is 0.319 e. The van der Waals surface area contributed by atoms with Gasteiger partial charge in [-0.3, -0.25) is 4.98 Å². The number of hydrogen-bond acceptors (Lipinski definition) is 2. The van der Waals surface area contributed by atoms with Crippen LogP contribution in [0.4, 0.5) is 10.5 Å². The summed E-state index contributed by atoms with van der Waals surface area (Å²) in [4.78, 5) is 14.8. The van der Waals surface area contributed by atoms with Crippen molar-refractivity contribution in [3.05, 3.63) is 24.5 Å². The van der Waals surface area contributed by atoms with Gasteiger partial charge in [-0.2, -0.15) is 0 Å². The summed E-state index contributed by atoms with van der Waals surface area (Å²) in [5.74, 6) is 0. The number of carbonyl (C=O) groups is 1. The Morgan fingerprint density at radius 2 is 2.17 bits per heavy atom. The number of nitrogens with one attached hydrogen (secondary N) is 2. The summed E-state index contributed by atoms with van der Waals surface area (Å²) in [5.41, 5.74) is 0.746. The van der Waals surface area contributed by atoms with Crippen LogP contribution in [0.5, 0.6) is 0 Å². The molecule has 0 bridgehead atoms. The zero-order valence-corrected chi connectivity index (χ0v) is 6.87. The number of amides is 2. The zero-order valence-electron chi connectivity index (χ0n) is 6.87. The molecule has 0 fully saturated rings. The molecule has 2 amide bonds. The number of hydrogen-bond donors (Lipinski definition) is 2. The lowest BCUT2D eigenvalue weighted by molar-refractivity contribution is 0.252. The smallest absolute Gasteiger partial charge is 0.319 e. The standard InChI is InChI=1S/C8H11N3O/c1-2-10-8(12)11-7-3-5-9-6-4-7/h3-6H,2H2,1H3,(H2,9,10,11,12). The fourth-order valence-electron chi connectivity index (χ4n) is 0.771. The molecule has 0 aromatic carbocycles. The molecule has 0 atom stereocenters. The molecule has 4 nitrogen and oxygen atoms in total. The molecule has 12 heavy (non-hydrogen) atoms. The first kappa shape index (κ1) is 8.52. The Kier molecular flexibility index (Phi) is 3.07. The number of anilines is 1. The summed E-state index contributed by atoms with van der Waals surface area (Å²) in [6, 6.07) is 3.27. The molecule has 0 saturated carbocycles. The average Bonchev–Trinajstić information content (AvgIpc) is 2.06. The van der Waals surface area contributed by atoms with Crippen molar-refractivity contribution in [2.24, 2.45) is 0 Å². The van der Waals surface area contributed by atoms with Gasteiger partial charge in [0, 0.05) is 24.6 Å². The summed E-state index contributed by atoms with van der Waals surface area (Å²) < 4.78 is 0. The van der Waals surface area contributed by atoms with Crippen LogP contribution in [0.3, 0.4) is 0 Å². The Balaban J connectivity index is 2.47. The van der Waals surface area contributed by atoms with E-state index < -0.39 is 0 Å². The van der Waals surface area contributed by atoms with Gasteiger partial charge in [0.05, 0.1) is 0 Å². The summed E-state index contributed by atoms with van der Waals surface area (Å²) >= 11 is 0. The van der Waals surface area contributed by atoms with E-state index in [1.54, 1.807) is 24.5 Å². The second-order valence-electron chi connectivity index (χ2n) is 2.22. The molecule has 1 heterocycles. The van der Waals surface area contributed by atoms with E-state index in [4.69, 9.17) is 0 Å². The van der Waals surface area contributed by atoms with E-state index in [2.05, 4.69) is 15.6 Å². The van der Waals surface area contributed by atoms with E-state index >= 15 is 0 Å². The van der Waals surface area contributed by atoms with E-state index in [1.807, 2.05) is 6.92 Å². The van der Waals surface area contributed by atoms with Crippen LogP contribution in [0.25, 0.3) is 0 Å². The lowest BCUT2D eigenvalue weighted by atomic mass is 10.4.